The summed E-state index contributed by atoms with van der Waals surface area (Å²) < 4.78 is 0. The second kappa shape index (κ2) is 1.45. The van der Waals surface area contributed by atoms with E-state index in [2.05, 4.69) is 4.89 Å². The van der Waals surface area contributed by atoms with E-state index in [1.54, 1.807) is 0 Å². The van der Waals surface area contributed by atoms with Gasteiger partial charge in [0.05, 0.1) is 0 Å². The van der Waals surface area contributed by atoms with Crippen molar-refractivity contribution in [3.05, 3.63) is 0 Å². The number of hydrogen-bond acceptors (Lipinski definition) is 2. The molecule has 1 spiro atoms. The molecule has 1 aliphatic heterocycles. The van der Waals surface area contributed by atoms with Crippen LogP contribution < -0.4 is 0 Å². The lowest BCUT2D eigenvalue weighted by molar-refractivity contribution is -0.469. The summed E-state index contributed by atoms with van der Waals surface area (Å²) in [6, 6.07) is 0. The molecule has 0 unspecified atom stereocenters. The van der Waals surface area contributed by atoms with Crippen LogP contribution in [0.15, 0.2) is 0 Å². The quantitative estimate of drug-likeness (QED) is 0.441. The smallest absolute Gasteiger partial charge is 0.130 e. The van der Waals surface area contributed by atoms with Crippen molar-refractivity contribution < 1.29 is 9.78 Å². The van der Waals surface area contributed by atoms with Crippen molar-refractivity contribution in [3.8, 4) is 0 Å². The standard InChI is InChI=1S/C6H10O2/c1-2-4-6(3-1)5-7-8-6/h1-5H2. The van der Waals surface area contributed by atoms with Gasteiger partial charge in [0.15, 0.2) is 0 Å². The van der Waals surface area contributed by atoms with Crippen LogP contribution in [-0.4, -0.2) is 12.2 Å². The van der Waals surface area contributed by atoms with Gasteiger partial charge in [0.2, 0.25) is 0 Å². The van der Waals surface area contributed by atoms with Crippen molar-refractivity contribution in [2.75, 3.05) is 6.61 Å². The zero-order valence-corrected chi connectivity index (χ0v) is 4.85. The van der Waals surface area contributed by atoms with E-state index in [-0.39, 0.29) is 5.60 Å². The minimum atomic E-state index is 0.194. The highest BCUT2D eigenvalue weighted by atomic mass is 17.2. The molecule has 2 rings (SSSR count). The first-order valence-electron chi connectivity index (χ1n) is 3.22. The predicted octanol–water partition coefficient (Wildman–Crippen LogP) is 1.26. The Morgan fingerprint density at radius 3 is 2.00 bits per heavy atom. The molecular formula is C6H10O2. The van der Waals surface area contributed by atoms with Crippen molar-refractivity contribution >= 4 is 0 Å². The van der Waals surface area contributed by atoms with Gasteiger partial charge in [0.25, 0.3) is 0 Å². The van der Waals surface area contributed by atoms with Gasteiger partial charge in [-0.3, -0.25) is 0 Å². The summed E-state index contributed by atoms with van der Waals surface area (Å²) in [7, 11) is 0. The van der Waals surface area contributed by atoms with Gasteiger partial charge < -0.3 is 0 Å². The topological polar surface area (TPSA) is 18.5 Å². The van der Waals surface area contributed by atoms with Crippen LogP contribution in [-0.2, 0) is 9.78 Å². The van der Waals surface area contributed by atoms with Gasteiger partial charge in [-0.25, -0.2) is 9.78 Å². The van der Waals surface area contributed by atoms with Crippen LogP contribution in [0.3, 0.4) is 0 Å². The maximum atomic E-state index is 4.98. The molecule has 2 aliphatic rings. The molecule has 0 aromatic carbocycles. The third-order valence-electron chi connectivity index (χ3n) is 2.07. The Morgan fingerprint density at radius 1 is 1.12 bits per heavy atom. The van der Waals surface area contributed by atoms with E-state index in [1.807, 2.05) is 0 Å². The molecule has 0 atom stereocenters. The minimum Gasteiger partial charge on any atom is -0.233 e. The van der Waals surface area contributed by atoms with E-state index in [0.717, 1.165) is 6.61 Å². The first-order valence-corrected chi connectivity index (χ1v) is 3.22. The van der Waals surface area contributed by atoms with E-state index in [9.17, 15) is 0 Å². The third-order valence-corrected chi connectivity index (χ3v) is 2.07. The summed E-state index contributed by atoms with van der Waals surface area (Å²) in [4.78, 5) is 9.64. The summed E-state index contributed by atoms with van der Waals surface area (Å²) in [5.41, 5.74) is 0.194. The van der Waals surface area contributed by atoms with Crippen LogP contribution in [0.5, 0.6) is 0 Å². The first kappa shape index (κ1) is 4.77. The summed E-state index contributed by atoms with van der Waals surface area (Å²) in [6.45, 7) is 0.840. The van der Waals surface area contributed by atoms with Gasteiger partial charge in [-0.05, 0) is 12.8 Å². The zero-order valence-electron chi connectivity index (χ0n) is 4.85. The highest BCUT2D eigenvalue weighted by Gasteiger charge is 2.43. The van der Waals surface area contributed by atoms with Gasteiger partial charge in [0.1, 0.15) is 12.2 Å². The maximum absolute atomic E-state index is 4.98. The molecule has 0 aromatic rings. The molecule has 46 valence electrons. The van der Waals surface area contributed by atoms with Crippen molar-refractivity contribution in [1.29, 1.82) is 0 Å². The van der Waals surface area contributed by atoms with Crippen LogP contribution in [0.4, 0.5) is 0 Å². The zero-order chi connectivity index (χ0) is 5.45. The Labute approximate surface area is 48.7 Å². The van der Waals surface area contributed by atoms with E-state index in [0.29, 0.717) is 0 Å². The largest absolute Gasteiger partial charge is 0.233 e. The average Bonchev–Trinajstić information content (AvgIpc) is 2.07. The Morgan fingerprint density at radius 2 is 1.75 bits per heavy atom. The van der Waals surface area contributed by atoms with Crippen LogP contribution in [0.25, 0.3) is 0 Å². The molecule has 1 heterocycles. The van der Waals surface area contributed by atoms with Crippen molar-refractivity contribution in [1.82, 2.24) is 0 Å². The molecule has 2 nitrogen and oxygen atoms in total. The van der Waals surface area contributed by atoms with Gasteiger partial charge in [-0.2, -0.15) is 0 Å². The SMILES string of the molecule is C1CCC2(C1)COO2. The fraction of sp³-hybridized carbons (Fsp3) is 1.00. The molecule has 0 N–H and O–H groups in total. The fourth-order valence-corrected chi connectivity index (χ4v) is 1.47. The fourth-order valence-electron chi connectivity index (χ4n) is 1.47. The second-order valence-electron chi connectivity index (χ2n) is 2.74. The molecule has 0 radical (unpaired) electrons. The summed E-state index contributed by atoms with van der Waals surface area (Å²) in [5.74, 6) is 0. The van der Waals surface area contributed by atoms with Crippen LogP contribution in [0.2, 0.25) is 0 Å². The van der Waals surface area contributed by atoms with Crippen LogP contribution in [0, 0.1) is 0 Å². The van der Waals surface area contributed by atoms with E-state index < -0.39 is 0 Å². The summed E-state index contributed by atoms with van der Waals surface area (Å²) in [6.07, 6.45) is 5.08. The number of rotatable bonds is 0. The number of hydrogen-bond donors (Lipinski definition) is 0. The van der Waals surface area contributed by atoms with Gasteiger partial charge in [-0.15, -0.1) is 0 Å². The van der Waals surface area contributed by atoms with Gasteiger partial charge >= 0.3 is 0 Å². The molecule has 2 heteroatoms. The first-order chi connectivity index (χ1) is 3.91. The molecule has 2 fully saturated rings. The Hall–Kier alpha value is -0.0800. The Balaban J connectivity index is 2.01. The lowest BCUT2D eigenvalue weighted by Gasteiger charge is -2.35. The normalized spacial score (nSPS) is 33.0. The van der Waals surface area contributed by atoms with Gasteiger partial charge in [0, 0.05) is 0 Å². The molecule has 1 aliphatic carbocycles. The highest BCUT2D eigenvalue weighted by Crippen LogP contribution is 2.38. The molecule has 0 bridgehead atoms. The monoisotopic (exact) mass is 114 g/mol. The summed E-state index contributed by atoms with van der Waals surface area (Å²) in [5, 5.41) is 0. The minimum absolute atomic E-state index is 0.194. The molecule has 1 saturated carbocycles. The molecule has 1 saturated heterocycles. The van der Waals surface area contributed by atoms with E-state index in [1.165, 1.54) is 25.7 Å². The molecule has 0 aromatic heterocycles. The third kappa shape index (κ3) is 0.501. The van der Waals surface area contributed by atoms with Crippen molar-refractivity contribution in [2.45, 2.75) is 31.3 Å². The Bertz CT molecular complexity index is 88.7. The Kier molecular flexibility index (Phi) is 0.866. The van der Waals surface area contributed by atoms with Crippen LogP contribution in [0.1, 0.15) is 25.7 Å². The lowest BCUT2D eigenvalue weighted by Crippen LogP contribution is -2.44. The van der Waals surface area contributed by atoms with Crippen molar-refractivity contribution in [3.63, 3.8) is 0 Å². The predicted molar refractivity (Wildman–Crippen MR) is 28.2 cm³/mol. The molecule has 0 amide bonds. The van der Waals surface area contributed by atoms with E-state index in [4.69, 9.17) is 4.89 Å². The highest BCUT2D eigenvalue weighted by molar-refractivity contribution is 4.87. The van der Waals surface area contributed by atoms with E-state index >= 15 is 0 Å². The maximum Gasteiger partial charge on any atom is 0.130 e. The lowest BCUT2D eigenvalue weighted by atomic mass is 10.0. The summed E-state index contributed by atoms with van der Waals surface area (Å²) >= 11 is 0. The van der Waals surface area contributed by atoms with Crippen LogP contribution >= 0.6 is 0 Å². The second-order valence-corrected chi connectivity index (χ2v) is 2.74. The average molecular weight is 114 g/mol. The molecule has 8 heavy (non-hydrogen) atoms. The molecular weight excluding hydrogens is 104 g/mol. The van der Waals surface area contributed by atoms with Gasteiger partial charge in [-0.1, -0.05) is 12.8 Å². The van der Waals surface area contributed by atoms with Crippen molar-refractivity contribution in [2.24, 2.45) is 0 Å².